The van der Waals surface area contributed by atoms with Crippen LogP contribution in [0.3, 0.4) is 0 Å². The number of carbonyl (C=O) groups is 1. The van der Waals surface area contributed by atoms with Crippen LogP contribution in [0, 0.1) is 11.3 Å². The normalized spacial score (nSPS) is 24.8. The molecule has 7 nitrogen and oxygen atoms in total. The molecule has 0 bridgehead atoms. The highest BCUT2D eigenvalue weighted by Gasteiger charge is 2.41. The second-order valence-electron chi connectivity index (χ2n) is 9.37. The Morgan fingerprint density at radius 3 is 2.64 bits per heavy atom. The van der Waals surface area contributed by atoms with Gasteiger partial charge in [0.2, 0.25) is 5.91 Å². The molecule has 33 heavy (non-hydrogen) atoms. The number of halogens is 2. The Bertz CT molecular complexity index is 1060. The lowest BCUT2D eigenvalue weighted by Gasteiger charge is -2.32. The molecule has 1 heterocycles. The van der Waals surface area contributed by atoms with Gasteiger partial charge in [0.25, 0.3) is 0 Å². The van der Waals surface area contributed by atoms with Crippen molar-refractivity contribution in [2.45, 2.75) is 64.6 Å². The summed E-state index contributed by atoms with van der Waals surface area (Å²) in [6, 6.07) is 6.12. The van der Waals surface area contributed by atoms with Crippen LogP contribution in [-0.4, -0.2) is 49.7 Å². The van der Waals surface area contributed by atoms with Crippen LogP contribution >= 0.6 is 0 Å². The molecule has 1 amide bonds. The Labute approximate surface area is 193 Å². The van der Waals surface area contributed by atoms with Gasteiger partial charge in [-0.1, -0.05) is 12.1 Å². The SMILES string of the molecule is CC(C)NC1=C(C(=N)c2cccc(OC(F)F)c2)CC[C@@H](C(=O)N[C@@]2(C)CCS(=O)(=O)C2)C1. The Morgan fingerprint density at radius 1 is 1.30 bits per heavy atom. The van der Waals surface area contributed by atoms with Crippen molar-refractivity contribution in [1.29, 1.82) is 5.41 Å². The van der Waals surface area contributed by atoms with Crippen LogP contribution in [0.5, 0.6) is 5.75 Å². The smallest absolute Gasteiger partial charge is 0.387 e. The molecule has 1 aromatic rings. The molecule has 1 fully saturated rings. The molecule has 2 atom stereocenters. The topological polar surface area (TPSA) is 108 Å². The maximum Gasteiger partial charge on any atom is 0.387 e. The molecule has 10 heteroatoms. The molecule has 3 rings (SSSR count). The number of hydrogen-bond donors (Lipinski definition) is 3. The van der Waals surface area contributed by atoms with E-state index in [2.05, 4.69) is 15.4 Å². The number of hydrogen-bond acceptors (Lipinski definition) is 6. The second kappa shape index (κ2) is 9.79. The third kappa shape index (κ3) is 6.52. The zero-order valence-corrected chi connectivity index (χ0v) is 19.9. The second-order valence-corrected chi connectivity index (χ2v) is 11.6. The van der Waals surface area contributed by atoms with Gasteiger partial charge in [0.1, 0.15) is 5.75 Å². The summed E-state index contributed by atoms with van der Waals surface area (Å²) in [7, 11) is -3.14. The van der Waals surface area contributed by atoms with E-state index in [1.807, 2.05) is 13.8 Å². The minimum atomic E-state index is -3.14. The molecule has 0 saturated carbocycles. The largest absolute Gasteiger partial charge is 0.435 e. The first-order chi connectivity index (χ1) is 15.4. The van der Waals surface area contributed by atoms with Gasteiger partial charge < -0.3 is 15.4 Å². The van der Waals surface area contributed by atoms with E-state index < -0.39 is 22.0 Å². The zero-order valence-electron chi connectivity index (χ0n) is 19.1. The molecule has 1 aliphatic heterocycles. The van der Waals surface area contributed by atoms with Gasteiger partial charge in [0.05, 0.1) is 22.8 Å². The number of amides is 1. The van der Waals surface area contributed by atoms with Gasteiger partial charge in [-0.05, 0) is 64.2 Å². The van der Waals surface area contributed by atoms with Gasteiger partial charge in [0.15, 0.2) is 9.84 Å². The summed E-state index contributed by atoms with van der Waals surface area (Å²) in [5.74, 6) is -0.534. The molecule has 1 saturated heterocycles. The Kier molecular flexibility index (Phi) is 7.45. The number of alkyl halides is 2. The summed E-state index contributed by atoms with van der Waals surface area (Å²) < 4.78 is 53.4. The van der Waals surface area contributed by atoms with E-state index in [1.165, 1.54) is 12.1 Å². The van der Waals surface area contributed by atoms with Crippen molar-refractivity contribution in [3.05, 3.63) is 41.1 Å². The first kappa shape index (κ1) is 25.1. The highest BCUT2D eigenvalue weighted by Crippen LogP contribution is 2.33. The molecule has 0 spiro atoms. The number of carbonyl (C=O) groups excluding carboxylic acids is 1. The van der Waals surface area contributed by atoms with Crippen molar-refractivity contribution in [3.63, 3.8) is 0 Å². The summed E-state index contributed by atoms with van der Waals surface area (Å²) >= 11 is 0. The van der Waals surface area contributed by atoms with Crippen LogP contribution in [0.15, 0.2) is 35.5 Å². The van der Waals surface area contributed by atoms with Crippen LogP contribution < -0.4 is 15.4 Å². The van der Waals surface area contributed by atoms with Crippen LogP contribution in [0.25, 0.3) is 0 Å². The van der Waals surface area contributed by atoms with Crippen molar-refractivity contribution in [2.24, 2.45) is 5.92 Å². The average molecular weight is 484 g/mol. The van der Waals surface area contributed by atoms with Crippen molar-refractivity contribution in [2.75, 3.05) is 11.5 Å². The minimum absolute atomic E-state index is 0.0148. The highest BCUT2D eigenvalue weighted by atomic mass is 32.2. The predicted octanol–water partition coefficient (Wildman–Crippen LogP) is 3.40. The number of rotatable bonds is 8. The molecule has 2 aliphatic rings. The first-order valence-electron chi connectivity index (χ1n) is 11.0. The van der Waals surface area contributed by atoms with Gasteiger partial charge in [-0.25, -0.2) is 8.42 Å². The lowest BCUT2D eigenvalue weighted by atomic mass is 9.82. The van der Waals surface area contributed by atoms with Crippen LogP contribution in [0.4, 0.5) is 8.78 Å². The summed E-state index contributed by atoms with van der Waals surface area (Å²) in [6.07, 6.45) is 1.75. The first-order valence-corrected chi connectivity index (χ1v) is 12.8. The fourth-order valence-corrected chi connectivity index (χ4v) is 6.54. The number of ether oxygens (including phenoxy) is 1. The Balaban J connectivity index is 1.79. The fraction of sp³-hybridized carbons (Fsp3) is 0.565. The van der Waals surface area contributed by atoms with Crippen molar-refractivity contribution >= 4 is 21.5 Å². The summed E-state index contributed by atoms with van der Waals surface area (Å²) in [5.41, 5.74) is 1.40. The predicted molar refractivity (Wildman–Crippen MR) is 122 cm³/mol. The molecular formula is C23H31F2N3O4S. The molecule has 182 valence electrons. The standard InChI is InChI=1S/C23H31F2N3O4S/c1-14(2)27-19-12-16(21(29)28-23(3)9-10-33(30,31)13-23)7-8-18(19)20(26)15-5-4-6-17(11-15)32-22(24)25/h4-6,11,14,16,22,26-27H,7-10,12-13H2,1-3H3,(H,28,29)/t16-,23+/m1/s1. The quantitative estimate of drug-likeness (QED) is 0.491. The summed E-state index contributed by atoms with van der Waals surface area (Å²) in [4.78, 5) is 13.0. The van der Waals surface area contributed by atoms with E-state index in [0.29, 0.717) is 31.2 Å². The molecular weight excluding hydrogens is 452 g/mol. The van der Waals surface area contributed by atoms with Crippen molar-refractivity contribution in [3.8, 4) is 5.75 Å². The molecule has 0 radical (unpaired) electrons. The summed E-state index contributed by atoms with van der Waals surface area (Å²) in [5, 5.41) is 15.0. The molecule has 1 aromatic carbocycles. The van der Waals surface area contributed by atoms with Gasteiger partial charge in [-0.2, -0.15) is 8.78 Å². The van der Waals surface area contributed by atoms with Gasteiger partial charge in [-0.15, -0.1) is 0 Å². The highest BCUT2D eigenvalue weighted by molar-refractivity contribution is 7.91. The number of allylic oxidation sites excluding steroid dienone is 2. The van der Waals surface area contributed by atoms with Crippen molar-refractivity contribution < 1.29 is 26.7 Å². The van der Waals surface area contributed by atoms with Crippen molar-refractivity contribution in [1.82, 2.24) is 10.6 Å². The number of benzene rings is 1. The third-order valence-electron chi connectivity index (χ3n) is 5.97. The van der Waals surface area contributed by atoms with Crippen LogP contribution in [0.2, 0.25) is 0 Å². The maximum atomic E-state index is 13.0. The monoisotopic (exact) mass is 483 g/mol. The fourth-order valence-electron chi connectivity index (χ4n) is 4.45. The van der Waals surface area contributed by atoms with E-state index in [9.17, 15) is 22.0 Å². The molecule has 0 unspecified atom stereocenters. The van der Waals surface area contributed by atoms with Gasteiger partial charge >= 0.3 is 6.61 Å². The molecule has 1 aliphatic carbocycles. The van der Waals surface area contributed by atoms with E-state index in [0.717, 1.165) is 11.3 Å². The van der Waals surface area contributed by atoms with Gasteiger partial charge in [0, 0.05) is 23.2 Å². The van der Waals surface area contributed by atoms with E-state index in [-0.39, 0.29) is 40.8 Å². The Morgan fingerprint density at radius 2 is 2.03 bits per heavy atom. The Hall–Kier alpha value is -2.49. The van der Waals surface area contributed by atoms with Crippen LogP contribution in [-0.2, 0) is 14.6 Å². The van der Waals surface area contributed by atoms with Crippen LogP contribution in [0.1, 0.15) is 52.0 Å². The average Bonchev–Trinajstić information content (AvgIpc) is 2.99. The molecule has 3 N–H and O–H groups in total. The van der Waals surface area contributed by atoms with E-state index in [1.54, 1.807) is 19.1 Å². The third-order valence-corrected chi connectivity index (χ3v) is 7.87. The van der Waals surface area contributed by atoms with E-state index >= 15 is 0 Å². The lowest BCUT2D eigenvalue weighted by molar-refractivity contribution is -0.126. The zero-order chi connectivity index (χ0) is 24.4. The van der Waals surface area contributed by atoms with Gasteiger partial charge in [-0.3, -0.25) is 10.2 Å². The maximum absolute atomic E-state index is 13.0. The molecule has 0 aromatic heterocycles. The number of nitrogens with one attached hydrogen (secondary N) is 3. The lowest BCUT2D eigenvalue weighted by Crippen LogP contribution is -2.50. The number of sulfone groups is 1. The summed E-state index contributed by atoms with van der Waals surface area (Å²) in [6.45, 7) is 2.73. The minimum Gasteiger partial charge on any atom is -0.435 e. The van der Waals surface area contributed by atoms with E-state index in [4.69, 9.17) is 5.41 Å².